The van der Waals surface area contributed by atoms with E-state index in [9.17, 15) is 9.59 Å². The Morgan fingerprint density at radius 2 is 1.78 bits per heavy atom. The normalized spacial score (nSPS) is 19.1. The van der Waals surface area contributed by atoms with Crippen LogP contribution in [0.5, 0.6) is 0 Å². The molecular formula is C21H31N3O3. The molecule has 0 atom stereocenters. The summed E-state index contributed by atoms with van der Waals surface area (Å²) in [6, 6.07) is 8.01. The molecule has 1 aromatic rings. The van der Waals surface area contributed by atoms with Crippen LogP contribution in [-0.2, 0) is 14.3 Å². The van der Waals surface area contributed by atoms with Crippen molar-refractivity contribution in [3.05, 3.63) is 29.8 Å². The Balaban J connectivity index is 1.51. The lowest BCUT2D eigenvalue weighted by atomic mass is 9.95. The number of para-hydroxylation sites is 1. The molecule has 1 aromatic carbocycles. The number of likely N-dealkylation sites (N-methyl/N-ethyl adjacent to an activating group) is 1. The first-order chi connectivity index (χ1) is 13.1. The van der Waals surface area contributed by atoms with Crippen LogP contribution < -0.4 is 4.90 Å². The SMILES string of the molecule is CCN(C(=O)CN1CCC(C(=O)N2CCOCC2)CC1)c1ccccc1C. The Hall–Kier alpha value is -1.92. The molecule has 2 heterocycles. The van der Waals surface area contributed by atoms with E-state index in [1.807, 2.05) is 47.9 Å². The molecule has 0 radical (unpaired) electrons. The maximum Gasteiger partial charge on any atom is 0.241 e. The van der Waals surface area contributed by atoms with Crippen LogP contribution in [0.1, 0.15) is 25.3 Å². The minimum atomic E-state index is 0.0908. The highest BCUT2D eigenvalue weighted by atomic mass is 16.5. The lowest BCUT2D eigenvalue weighted by Gasteiger charge is -2.36. The number of nitrogens with zero attached hydrogens (tertiary/aromatic N) is 3. The lowest BCUT2D eigenvalue weighted by molar-refractivity contribution is -0.141. The van der Waals surface area contributed by atoms with Crippen molar-refractivity contribution in [2.24, 2.45) is 5.92 Å². The van der Waals surface area contributed by atoms with Crippen LogP contribution >= 0.6 is 0 Å². The molecule has 6 nitrogen and oxygen atoms in total. The van der Waals surface area contributed by atoms with E-state index >= 15 is 0 Å². The fourth-order valence-electron chi connectivity index (χ4n) is 4.00. The summed E-state index contributed by atoms with van der Waals surface area (Å²) in [5, 5.41) is 0. The van der Waals surface area contributed by atoms with Gasteiger partial charge in [0.15, 0.2) is 0 Å². The number of hydrogen-bond acceptors (Lipinski definition) is 4. The fourth-order valence-corrected chi connectivity index (χ4v) is 4.00. The zero-order valence-electron chi connectivity index (χ0n) is 16.5. The highest BCUT2D eigenvalue weighted by Gasteiger charge is 2.30. The van der Waals surface area contributed by atoms with Crippen molar-refractivity contribution in [3.8, 4) is 0 Å². The summed E-state index contributed by atoms with van der Waals surface area (Å²) in [4.78, 5) is 31.5. The van der Waals surface area contributed by atoms with Gasteiger partial charge in [-0.2, -0.15) is 0 Å². The number of hydrogen-bond donors (Lipinski definition) is 0. The van der Waals surface area contributed by atoms with Crippen molar-refractivity contribution < 1.29 is 14.3 Å². The smallest absolute Gasteiger partial charge is 0.241 e. The van der Waals surface area contributed by atoms with E-state index in [4.69, 9.17) is 4.74 Å². The van der Waals surface area contributed by atoms with E-state index in [1.54, 1.807) is 0 Å². The summed E-state index contributed by atoms with van der Waals surface area (Å²) in [6.45, 7) is 9.44. The summed E-state index contributed by atoms with van der Waals surface area (Å²) < 4.78 is 5.33. The molecule has 2 amide bonds. The molecule has 2 saturated heterocycles. The number of carbonyl (C=O) groups excluding carboxylic acids is 2. The second-order valence-electron chi connectivity index (χ2n) is 7.41. The van der Waals surface area contributed by atoms with Gasteiger partial charge in [-0.05, 0) is 51.4 Å². The number of anilines is 1. The van der Waals surface area contributed by atoms with E-state index in [0.29, 0.717) is 39.4 Å². The van der Waals surface area contributed by atoms with Gasteiger partial charge < -0.3 is 14.5 Å². The third-order valence-electron chi connectivity index (χ3n) is 5.64. The molecule has 0 aliphatic carbocycles. The second kappa shape index (κ2) is 9.33. The summed E-state index contributed by atoms with van der Waals surface area (Å²) in [5.41, 5.74) is 2.10. The molecule has 0 bridgehead atoms. The first-order valence-corrected chi connectivity index (χ1v) is 10.0. The van der Waals surface area contributed by atoms with Crippen LogP contribution in [-0.4, -0.2) is 74.1 Å². The molecule has 2 aliphatic rings. The van der Waals surface area contributed by atoms with Crippen LogP contribution in [0.4, 0.5) is 5.69 Å². The number of benzene rings is 1. The Bertz CT molecular complexity index is 650. The van der Waals surface area contributed by atoms with Crippen molar-refractivity contribution in [2.45, 2.75) is 26.7 Å². The van der Waals surface area contributed by atoms with E-state index in [-0.39, 0.29) is 17.7 Å². The number of piperidine rings is 1. The summed E-state index contributed by atoms with van der Waals surface area (Å²) in [6.07, 6.45) is 1.67. The maximum absolute atomic E-state index is 12.9. The Morgan fingerprint density at radius 3 is 2.41 bits per heavy atom. The second-order valence-corrected chi connectivity index (χ2v) is 7.41. The highest BCUT2D eigenvalue weighted by Crippen LogP contribution is 2.22. The molecule has 0 N–H and O–H groups in total. The Labute approximate surface area is 162 Å². The summed E-state index contributed by atoms with van der Waals surface area (Å²) in [7, 11) is 0. The molecule has 0 unspecified atom stereocenters. The van der Waals surface area contributed by atoms with Gasteiger partial charge in [-0.25, -0.2) is 0 Å². The first-order valence-electron chi connectivity index (χ1n) is 10.0. The van der Waals surface area contributed by atoms with Crippen LogP contribution in [0.3, 0.4) is 0 Å². The Kier molecular flexibility index (Phi) is 6.85. The maximum atomic E-state index is 12.9. The van der Waals surface area contributed by atoms with Gasteiger partial charge in [-0.3, -0.25) is 14.5 Å². The van der Waals surface area contributed by atoms with Gasteiger partial charge in [0.25, 0.3) is 0 Å². The minimum absolute atomic E-state index is 0.0908. The predicted octanol–water partition coefficient (Wildman–Crippen LogP) is 1.92. The number of rotatable bonds is 5. The average Bonchev–Trinajstić information content (AvgIpc) is 2.71. The number of ether oxygens (including phenoxy) is 1. The molecule has 2 fully saturated rings. The van der Waals surface area contributed by atoms with Gasteiger partial charge in [0.05, 0.1) is 19.8 Å². The van der Waals surface area contributed by atoms with Crippen molar-refractivity contribution in [2.75, 3.05) is 57.4 Å². The zero-order valence-corrected chi connectivity index (χ0v) is 16.5. The number of morpholine rings is 1. The Morgan fingerprint density at radius 1 is 1.11 bits per heavy atom. The quantitative estimate of drug-likeness (QED) is 0.791. The molecule has 0 spiro atoms. The molecule has 148 valence electrons. The molecular weight excluding hydrogens is 342 g/mol. The molecule has 2 aliphatic heterocycles. The van der Waals surface area contributed by atoms with Crippen LogP contribution in [0, 0.1) is 12.8 Å². The monoisotopic (exact) mass is 373 g/mol. The summed E-state index contributed by atoms with van der Waals surface area (Å²) >= 11 is 0. The third-order valence-corrected chi connectivity index (χ3v) is 5.64. The largest absolute Gasteiger partial charge is 0.378 e. The van der Waals surface area contributed by atoms with Crippen molar-refractivity contribution >= 4 is 17.5 Å². The van der Waals surface area contributed by atoms with E-state index in [0.717, 1.165) is 37.2 Å². The van der Waals surface area contributed by atoms with Gasteiger partial charge in [0.1, 0.15) is 0 Å². The van der Waals surface area contributed by atoms with Crippen LogP contribution in [0.15, 0.2) is 24.3 Å². The van der Waals surface area contributed by atoms with Gasteiger partial charge in [0.2, 0.25) is 11.8 Å². The first kappa shape index (κ1) is 19.8. The lowest BCUT2D eigenvalue weighted by Crippen LogP contribution is -2.48. The summed E-state index contributed by atoms with van der Waals surface area (Å²) in [5.74, 6) is 0.484. The van der Waals surface area contributed by atoms with E-state index < -0.39 is 0 Å². The van der Waals surface area contributed by atoms with Crippen molar-refractivity contribution in [3.63, 3.8) is 0 Å². The number of carbonyl (C=O) groups is 2. The average molecular weight is 373 g/mol. The predicted molar refractivity (Wildman–Crippen MR) is 106 cm³/mol. The topological polar surface area (TPSA) is 53.1 Å². The van der Waals surface area contributed by atoms with Gasteiger partial charge >= 0.3 is 0 Å². The van der Waals surface area contributed by atoms with E-state index in [1.165, 1.54) is 0 Å². The van der Waals surface area contributed by atoms with Crippen LogP contribution in [0.25, 0.3) is 0 Å². The van der Waals surface area contributed by atoms with Gasteiger partial charge in [-0.15, -0.1) is 0 Å². The molecule has 27 heavy (non-hydrogen) atoms. The zero-order chi connectivity index (χ0) is 19.2. The molecule has 3 rings (SSSR count). The highest BCUT2D eigenvalue weighted by molar-refractivity contribution is 5.95. The standard InChI is InChI=1S/C21H31N3O3/c1-3-24(19-7-5-4-6-17(19)2)20(25)16-22-10-8-18(9-11-22)21(26)23-12-14-27-15-13-23/h4-7,18H,3,8-16H2,1-2H3. The van der Waals surface area contributed by atoms with Gasteiger partial charge in [0, 0.05) is 31.2 Å². The van der Waals surface area contributed by atoms with Crippen LogP contribution in [0.2, 0.25) is 0 Å². The molecule has 0 aromatic heterocycles. The van der Waals surface area contributed by atoms with E-state index in [2.05, 4.69) is 4.90 Å². The molecule has 0 saturated carbocycles. The molecule has 6 heteroatoms. The minimum Gasteiger partial charge on any atom is -0.378 e. The fraction of sp³-hybridized carbons (Fsp3) is 0.619. The van der Waals surface area contributed by atoms with Crippen molar-refractivity contribution in [1.82, 2.24) is 9.80 Å². The van der Waals surface area contributed by atoms with Crippen molar-refractivity contribution in [1.29, 1.82) is 0 Å². The van der Waals surface area contributed by atoms with Gasteiger partial charge in [-0.1, -0.05) is 18.2 Å². The number of likely N-dealkylation sites (tertiary alicyclic amines) is 1. The number of amides is 2. The third kappa shape index (κ3) is 4.87. The number of aryl methyl sites for hydroxylation is 1.